The normalized spacial score (nSPS) is 13.6. The molecule has 0 spiro atoms. The molecular formula is C9H6BrF3O3. The van der Waals surface area contributed by atoms with Gasteiger partial charge in [0.15, 0.2) is 6.10 Å². The first-order valence-electron chi connectivity index (χ1n) is 4.00. The summed E-state index contributed by atoms with van der Waals surface area (Å²) < 4.78 is 37.1. The lowest BCUT2D eigenvalue weighted by Gasteiger charge is -2.11. The third-order valence-electron chi connectivity index (χ3n) is 1.80. The highest BCUT2D eigenvalue weighted by molar-refractivity contribution is 9.10. The third-order valence-corrected chi connectivity index (χ3v) is 2.25. The molecule has 7 heteroatoms. The average molecular weight is 299 g/mol. The molecule has 0 saturated heterocycles. The van der Waals surface area contributed by atoms with Gasteiger partial charge in [0.1, 0.15) is 0 Å². The number of alkyl halides is 3. The second-order valence-electron chi connectivity index (χ2n) is 3.01. The van der Waals surface area contributed by atoms with Gasteiger partial charge in [-0.25, -0.2) is 4.79 Å². The van der Waals surface area contributed by atoms with Crippen LogP contribution in [0.4, 0.5) is 13.2 Å². The van der Waals surface area contributed by atoms with Crippen LogP contribution in [-0.4, -0.2) is 16.2 Å². The zero-order valence-electron chi connectivity index (χ0n) is 7.62. The summed E-state index contributed by atoms with van der Waals surface area (Å²) >= 11 is 2.82. The van der Waals surface area contributed by atoms with Crippen molar-refractivity contribution in [3.05, 3.63) is 33.8 Å². The van der Waals surface area contributed by atoms with Crippen molar-refractivity contribution in [1.29, 1.82) is 0 Å². The van der Waals surface area contributed by atoms with Gasteiger partial charge in [-0.3, -0.25) is 0 Å². The Morgan fingerprint density at radius 2 is 1.88 bits per heavy atom. The largest absolute Gasteiger partial charge is 0.479 e. The molecule has 0 amide bonds. The number of carbonyl (C=O) groups is 1. The van der Waals surface area contributed by atoms with E-state index < -0.39 is 23.8 Å². The van der Waals surface area contributed by atoms with Gasteiger partial charge in [0.25, 0.3) is 0 Å². The van der Waals surface area contributed by atoms with Gasteiger partial charge < -0.3 is 10.2 Å². The molecule has 0 aliphatic carbocycles. The van der Waals surface area contributed by atoms with Crippen LogP contribution in [0.15, 0.2) is 22.7 Å². The van der Waals surface area contributed by atoms with Crippen molar-refractivity contribution < 1.29 is 28.2 Å². The monoisotopic (exact) mass is 298 g/mol. The maximum absolute atomic E-state index is 12.4. The summed E-state index contributed by atoms with van der Waals surface area (Å²) in [5.41, 5.74) is -1.34. The summed E-state index contributed by atoms with van der Waals surface area (Å²) in [7, 11) is 0. The molecule has 1 aromatic carbocycles. The quantitative estimate of drug-likeness (QED) is 0.882. The Kier molecular flexibility index (Phi) is 3.59. The van der Waals surface area contributed by atoms with Crippen LogP contribution in [0.1, 0.15) is 17.2 Å². The van der Waals surface area contributed by atoms with Crippen molar-refractivity contribution in [2.24, 2.45) is 0 Å². The molecule has 16 heavy (non-hydrogen) atoms. The van der Waals surface area contributed by atoms with Crippen LogP contribution < -0.4 is 0 Å². The Hall–Kier alpha value is -1.08. The van der Waals surface area contributed by atoms with E-state index in [0.29, 0.717) is 6.07 Å². The number of aliphatic hydroxyl groups excluding tert-OH is 1. The summed E-state index contributed by atoms with van der Waals surface area (Å²) in [6.07, 6.45) is -6.56. The molecule has 1 rings (SSSR count). The smallest absolute Gasteiger partial charge is 0.416 e. The fourth-order valence-corrected chi connectivity index (χ4v) is 1.59. The Balaban J connectivity index is 3.23. The van der Waals surface area contributed by atoms with Gasteiger partial charge in [-0.05, 0) is 23.8 Å². The Morgan fingerprint density at radius 1 is 1.31 bits per heavy atom. The van der Waals surface area contributed by atoms with Crippen LogP contribution in [0.3, 0.4) is 0 Å². The summed E-state index contributed by atoms with van der Waals surface area (Å²) in [5.74, 6) is -1.61. The van der Waals surface area contributed by atoms with E-state index in [2.05, 4.69) is 15.9 Å². The lowest BCUT2D eigenvalue weighted by molar-refractivity contribution is -0.147. The van der Waals surface area contributed by atoms with Gasteiger partial charge in [0, 0.05) is 4.47 Å². The van der Waals surface area contributed by atoms with Gasteiger partial charge in [0.2, 0.25) is 0 Å². The molecule has 0 fully saturated rings. The molecule has 0 heterocycles. The SMILES string of the molecule is O=C(O)[C@H](O)c1cc(Br)cc(C(F)(F)F)c1. The molecular weight excluding hydrogens is 293 g/mol. The van der Waals surface area contributed by atoms with Crippen LogP contribution >= 0.6 is 15.9 Å². The van der Waals surface area contributed by atoms with Crippen molar-refractivity contribution in [3.63, 3.8) is 0 Å². The maximum Gasteiger partial charge on any atom is 0.416 e. The number of hydrogen-bond acceptors (Lipinski definition) is 2. The molecule has 0 radical (unpaired) electrons. The van der Waals surface area contributed by atoms with E-state index in [9.17, 15) is 18.0 Å². The molecule has 0 unspecified atom stereocenters. The van der Waals surface area contributed by atoms with E-state index in [-0.39, 0.29) is 10.0 Å². The lowest BCUT2D eigenvalue weighted by atomic mass is 10.1. The summed E-state index contributed by atoms with van der Waals surface area (Å²) in [4.78, 5) is 10.4. The van der Waals surface area contributed by atoms with E-state index in [1.807, 2.05) is 0 Å². The number of aliphatic hydroxyl groups is 1. The maximum atomic E-state index is 12.4. The molecule has 2 N–H and O–H groups in total. The topological polar surface area (TPSA) is 57.5 Å². The standard InChI is InChI=1S/C9H6BrF3O3/c10-6-2-4(7(14)8(15)16)1-5(3-6)9(11,12)13/h1-3,7,14H,(H,15,16)/t7-/m1/s1. The minimum atomic E-state index is -4.59. The number of carboxylic acid groups (broad SMARTS) is 1. The number of carboxylic acids is 1. The minimum absolute atomic E-state index is 0.0534. The fourth-order valence-electron chi connectivity index (χ4n) is 1.08. The first-order chi connectivity index (χ1) is 7.21. The molecule has 1 aromatic rings. The minimum Gasteiger partial charge on any atom is -0.479 e. The second-order valence-corrected chi connectivity index (χ2v) is 3.93. The zero-order valence-corrected chi connectivity index (χ0v) is 9.21. The molecule has 0 aliphatic rings. The highest BCUT2D eigenvalue weighted by atomic mass is 79.9. The molecule has 1 atom stereocenters. The van der Waals surface area contributed by atoms with Crippen molar-refractivity contribution in [3.8, 4) is 0 Å². The van der Waals surface area contributed by atoms with Crippen molar-refractivity contribution in [2.45, 2.75) is 12.3 Å². The third kappa shape index (κ3) is 2.96. The number of halogens is 4. The van der Waals surface area contributed by atoms with E-state index >= 15 is 0 Å². The van der Waals surface area contributed by atoms with Crippen LogP contribution in [0.5, 0.6) is 0 Å². The van der Waals surface area contributed by atoms with Crippen LogP contribution in [0, 0.1) is 0 Å². The highest BCUT2D eigenvalue weighted by Crippen LogP contribution is 2.33. The molecule has 0 bridgehead atoms. The van der Waals surface area contributed by atoms with Crippen molar-refractivity contribution in [2.75, 3.05) is 0 Å². The van der Waals surface area contributed by atoms with E-state index in [4.69, 9.17) is 10.2 Å². The molecule has 0 aromatic heterocycles. The van der Waals surface area contributed by atoms with Crippen molar-refractivity contribution in [1.82, 2.24) is 0 Å². The predicted octanol–water partition coefficient (Wildman–Crippen LogP) is 2.59. The molecule has 0 aliphatic heterocycles. The van der Waals surface area contributed by atoms with E-state index in [1.54, 1.807) is 0 Å². The van der Waals surface area contributed by atoms with Gasteiger partial charge in [0.05, 0.1) is 5.56 Å². The van der Waals surface area contributed by atoms with E-state index in [0.717, 1.165) is 12.1 Å². The Morgan fingerprint density at radius 3 is 2.31 bits per heavy atom. The first-order valence-corrected chi connectivity index (χ1v) is 4.79. The van der Waals surface area contributed by atoms with Crippen LogP contribution in [-0.2, 0) is 11.0 Å². The number of hydrogen-bond donors (Lipinski definition) is 2. The zero-order chi connectivity index (χ0) is 12.5. The van der Waals surface area contributed by atoms with E-state index in [1.165, 1.54) is 0 Å². The van der Waals surface area contributed by atoms with Crippen LogP contribution in [0.2, 0.25) is 0 Å². The average Bonchev–Trinajstić information content (AvgIpc) is 2.14. The van der Waals surface area contributed by atoms with Crippen LogP contribution in [0.25, 0.3) is 0 Å². The molecule has 88 valence electrons. The molecule has 0 saturated carbocycles. The Labute approximate surface area is 96.6 Å². The molecule has 3 nitrogen and oxygen atoms in total. The van der Waals surface area contributed by atoms with Gasteiger partial charge >= 0.3 is 12.1 Å². The number of rotatable bonds is 2. The van der Waals surface area contributed by atoms with Gasteiger partial charge in [-0.2, -0.15) is 13.2 Å². The van der Waals surface area contributed by atoms with Gasteiger partial charge in [-0.1, -0.05) is 15.9 Å². The fraction of sp³-hybridized carbons (Fsp3) is 0.222. The van der Waals surface area contributed by atoms with Crippen molar-refractivity contribution >= 4 is 21.9 Å². The summed E-state index contributed by atoms with van der Waals surface area (Å²) in [5, 5.41) is 17.6. The Bertz CT molecular complexity index is 417. The highest BCUT2D eigenvalue weighted by Gasteiger charge is 2.32. The first kappa shape index (κ1) is 13.0. The van der Waals surface area contributed by atoms with Gasteiger partial charge in [-0.15, -0.1) is 0 Å². The lowest BCUT2D eigenvalue weighted by Crippen LogP contribution is -2.12. The summed E-state index contributed by atoms with van der Waals surface area (Å²) in [6, 6.07) is 2.52. The summed E-state index contributed by atoms with van der Waals surface area (Å²) in [6.45, 7) is 0. The predicted molar refractivity (Wildman–Crippen MR) is 51.7 cm³/mol. The number of aliphatic carboxylic acids is 1. The number of benzene rings is 1. The second kappa shape index (κ2) is 4.42.